The third kappa shape index (κ3) is 4.86. The first-order chi connectivity index (χ1) is 13.7. The van der Waals surface area contributed by atoms with E-state index in [1.165, 1.54) is 11.6 Å². The van der Waals surface area contributed by atoms with E-state index in [-0.39, 0.29) is 12.7 Å². The molecule has 152 valence electrons. The maximum Gasteiger partial charge on any atom is 0.338 e. The van der Waals surface area contributed by atoms with Crippen LogP contribution in [-0.4, -0.2) is 12.1 Å². The van der Waals surface area contributed by atoms with Gasteiger partial charge in [0.25, 0.3) is 0 Å². The summed E-state index contributed by atoms with van der Waals surface area (Å²) in [4.78, 5) is 24.4. The van der Waals surface area contributed by atoms with E-state index in [9.17, 15) is 9.59 Å². The topological polar surface area (TPSA) is 65.7 Å². The van der Waals surface area contributed by atoms with Crippen molar-refractivity contribution in [2.45, 2.75) is 53.2 Å². The van der Waals surface area contributed by atoms with Gasteiger partial charge in [0.1, 0.15) is 17.9 Å². The molecule has 0 N–H and O–H groups in total. The maximum absolute atomic E-state index is 12.4. The number of carbonyl (C=O) groups excluding carboxylic acids is 1. The minimum absolute atomic E-state index is 0.00816. The van der Waals surface area contributed by atoms with Gasteiger partial charge in [0.15, 0.2) is 0 Å². The summed E-state index contributed by atoms with van der Waals surface area (Å²) in [6.45, 7) is 10.1. The van der Waals surface area contributed by atoms with E-state index in [0.29, 0.717) is 28.4 Å². The van der Waals surface area contributed by atoms with E-state index in [4.69, 9.17) is 13.9 Å². The van der Waals surface area contributed by atoms with Crippen LogP contribution in [0.3, 0.4) is 0 Å². The molecular formula is C24H26O5. The highest BCUT2D eigenvalue weighted by atomic mass is 16.5. The molecule has 0 radical (unpaired) electrons. The lowest BCUT2D eigenvalue weighted by Crippen LogP contribution is -2.09. The van der Waals surface area contributed by atoms with Gasteiger partial charge in [-0.25, -0.2) is 9.59 Å². The zero-order valence-electron chi connectivity index (χ0n) is 17.4. The van der Waals surface area contributed by atoms with Crippen molar-refractivity contribution in [3.05, 3.63) is 75.1 Å². The summed E-state index contributed by atoms with van der Waals surface area (Å²) in [7, 11) is 0. The number of aryl methyl sites for hydroxylation is 1. The lowest BCUT2D eigenvalue weighted by molar-refractivity contribution is 0.0474. The van der Waals surface area contributed by atoms with Crippen LogP contribution in [0.15, 0.2) is 51.7 Å². The molecule has 0 aliphatic heterocycles. The summed E-state index contributed by atoms with van der Waals surface area (Å²) in [5, 5.41) is 0.785. The minimum atomic E-state index is -0.463. The molecule has 1 heterocycles. The number of ether oxygens (including phenoxy) is 2. The van der Waals surface area contributed by atoms with E-state index in [1.807, 2.05) is 32.9 Å². The Hall–Kier alpha value is -3.08. The van der Waals surface area contributed by atoms with Crippen molar-refractivity contribution in [3.8, 4) is 5.75 Å². The van der Waals surface area contributed by atoms with Gasteiger partial charge >= 0.3 is 11.6 Å². The molecular weight excluding hydrogens is 368 g/mol. The summed E-state index contributed by atoms with van der Waals surface area (Å²) < 4.78 is 16.4. The summed E-state index contributed by atoms with van der Waals surface area (Å²) in [6.07, 6.45) is 0.0604. The predicted molar refractivity (Wildman–Crippen MR) is 113 cm³/mol. The van der Waals surface area contributed by atoms with Crippen LogP contribution in [0.1, 0.15) is 60.7 Å². The molecule has 0 saturated heterocycles. The molecule has 0 bridgehead atoms. The van der Waals surface area contributed by atoms with E-state index < -0.39 is 11.6 Å². The third-order valence-corrected chi connectivity index (χ3v) is 4.66. The van der Waals surface area contributed by atoms with E-state index >= 15 is 0 Å². The SMILES string of the molecule is Cc1cc2oc(=O)cc(COC(=O)c3ccc(OC(C)C)cc3)c2cc1C(C)C. The zero-order chi connectivity index (χ0) is 21.1. The Labute approximate surface area is 170 Å². The van der Waals surface area contributed by atoms with Crippen molar-refractivity contribution in [2.75, 3.05) is 0 Å². The van der Waals surface area contributed by atoms with Crippen LogP contribution in [0.2, 0.25) is 0 Å². The van der Waals surface area contributed by atoms with E-state index in [2.05, 4.69) is 13.8 Å². The second-order valence-electron chi connectivity index (χ2n) is 7.72. The summed E-state index contributed by atoms with van der Waals surface area (Å²) >= 11 is 0. The highest BCUT2D eigenvalue weighted by Gasteiger charge is 2.14. The lowest BCUT2D eigenvalue weighted by Gasteiger charge is -2.13. The van der Waals surface area contributed by atoms with Gasteiger partial charge in [0.05, 0.1) is 11.7 Å². The summed E-state index contributed by atoms with van der Waals surface area (Å²) in [6, 6.07) is 12.1. The molecule has 0 fully saturated rings. The molecule has 1 aromatic heterocycles. The molecule has 0 saturated carbocycles. The highest BCUT2D eigenvalue weighted by Crippen LogP contribution is 2.27. The average Bonchev–Trinajstić information content (AvgIpc) is 2.65. The molecule has 29 heavy (non-hydrogen) atoms. The van der Waals surface area contributed by atoms with Crippen LogP contribution in [0, 0.1) is 6.92 Å². The number of benzene rings is 2. The molecule has 0 unspecified atom stereocenters. The smallest absolute Gasteiger partial charge is 0.338 e. The normalized spacial score (nSPS) is 11.3. The fourth-order valence-corrected chi connectivity index (χ4v) is 3.30. The highest BCUT2D eigenvalue weighted by molar-refractivity contribution is 5.90. The Morgan fingerprint density at radius 3 is 2.34 bits per heavy atom. The fraction of sp³-hybridized carbons (Fsp3) is 0.333. The van der Waals surface area contributed by atoms with Crippen LogP contribution in [-0.2, 0) is 11.3 Å². The molecule has 2 aromatic carbocycles. The van der Waals surface area contributed by atoms with Crippen LogP contribution in [0.5, 0.6) is 5.75 Å². The van der Waals surface area contributed by atoms with Gasteiger partial charge in [-0.2, -0.15) is 0 Å². The predicted octanol–water partition coefficient (Wildman–Crippen LogP) is 5.37. The van der Waals surface area contributed by atoms with Gasteiger partial charge in [-0.15, -0.1) is 0 Å². The first-order valence-electron chi connectivity index (χ1n) is 9.75. The standard InChI is InChI=1S/C24H26O5/c1-14(2)20-12-21-18(11-23(25)29-22(21)10-16(20)5)13-27-24(26)17-6-8-19(9-7-17)28-15(3)4/h6-12,14-15H,13H2,1-5H3. The van der Waals surface area contributed by atoms with Crippen LogP contribution in [0.4, 0.5) is 0 Å². The molecule has 0 aliphatic rings. The monoisotopic (exact) mass is 394 g/mol. The third-order valence-electron chi connectivity index (χ3n) is 4.66. The van der Waals surface area contributed by atoms with E-state index in [1.54, 1.807) is 24.3 Å². The molecule has 3 rings (SSSR count). The van der Waals surface area contributed by atoms with Gasteiger partial charge in [-0.1, -0.05) is 13.8 Å². The Bertz CT molecular complexity index is 1070. The summed E-state index contributed by atoms with van der Waals surface area (Å²) in [5.41, 5.74) is 3.32. The first kappa shape index (κ1) is 20.6. The number of rotatable bonds is 6. The molecule has 5 nitrogen and oxygen atoms in total. The molecule has 0 aliphatic carbocycles. The second kappa shape index (κ2) is 8.52. The van der Waals surface area contributed by atoms with Crippen molar-refractivity contribution in [2.24, 2.45) is 0 Å². The number of esters is 1. The maximum atomic E-state index is 12.4. The van der Waals surface area contributed by atoms with Gasteiger partial charge in [0.2, 0.25) is 0 Å². The molecule has 0 atom stereocenters. The van der Waals surface area contributed by atoms with Crippen LogP contribution >= 0.6 is 0 Å². The van der Waals surface area contributed by atoms with Crippen molar-refractivity contribution in [1.29, 1.82) is 0 Å². The molecule has 5 heteroatoms. The van der Waals surface area contributed by atoms with Crippen molar-refractivity contribution < 1.29 is 18.7 Å². The van der Waals surface area contributed by atoms with Crippen LogP contribution in [0.25, 0.3) is 11.0 Å². The lowest BCUT2D eigenvalue weighted by atomic mass is 9.95. The van der Waals surface area contributed by atoms with Crippen molar-refractivity contribution in [1.82, 2.24) is 0 Å². The van der Waals surface area contributed by atoms with E-state index in [0.717, 1.165) is 10.9 Å². The second-order valence-corrected chi connectivity index (χ2v) is 7.72. The largest absolute Gasteiger partial charge is 0.491 e. The fourth-order valence-electron chi connectivity index (χ4n) is 3.30. The number of carbonyl (C=O) groups is 1. The van der Waals surface area contributed by atoms with Crippen molar-refractivity contribution >= 4 is 16.9 Å². The van der Waals surface area contributed by atoms with Gasteiger partial charge < -0.3 is 13.9 Å². The minimum Gasteiger partial charge on any atom is -0.491 e. The molecule has 0 amide bonds. The van der Waals surface area contributed by atoms with Gasteiger partial charge in [0, 0.05) is 17.0 Å². The summed E-state index contributed by atoms with van der Waals surface area (Å²) in [5.74, 6) is 0.562. The van der Waals surface area contributed by atoms with Crippen molar-refractivity contribution in [3.63, 3.8) is 0 Å². The van der Waals surface area contributed by atoms with Gasteiger partial charge in [-0.05, 0) is 74.2 Å². The molecule has 0 spiro atoms. The zero-order valence-corrected chi connectivity index (χ0v) is 17.4. The first-order valence-corrected chi connectivity index (χ1v) is 9.75. The van der Waals surface area contributed by atoms with Gasteiger partial charge in [-0.3, -0.25) is 0 Å². The van der Waals surface area contributed by atoms with Crippen LogP contribution < -0.4 is 10.4 Å². The number of hydrogen-bond donors (Lipinski definition) is 0. The number of hydrogen-bond acceptors (Lipinski definition) is 5. The Morgan fingerprint density at radius 1 is 1.03 bits per heavy atom. The Balaban J connectivity index is 1.83. The Morgan fingerprint density at radius 2 is 1.72 bits per heavy atom. The molecule has 3 aromatic rings. The number of fused-ring (bicyclic) bond motifs is 1. The quantitative estimate of drug-likeness (QED) is 0.415. The Kier molecular flexibility index (Phi) is 6.06. The average molecular weight is 394 g/mol.